The molecule has 0 heterocycles. The molecule has 0 N–H and O–H groups in total. The smallest absolute Gasteiger partial charge is 0.319 e. The first-order chi connectivity index (χ1) is 11.1. The average Bonchev–Trinajstić information content (AvgIpc) is 2.53. The number of rotatable bonds is 2. The van der Waals surface area contributed by atoms with Crippen molar-refractivity contribution < 1.29 is 14.3 Å². The van der Waals surface area contributed by atoms with Gasteiger partial charge < -0.3 is 4.74 Å². The Kier molecular flexibility index (Phi) is 10.2. The molecule has 0 bridgehead atoms. The maximum absolute atomic E-state index is 12.6. The van der Waals surface area contributed by atoms with Crippen molar-refractivity contribution in [2.75, 3.05) is 6.61 Å². The van der Waals surface area contributed by atoms with Crippen LogP contribution in [0.15, 0.2) is 0 Å². The fraction of sp³-hybridized carbons (Fsp3) is 0.900. The summed E-state index contributed by atoms with van der Waals surface area (Å²) in [7, 11) is 0. The second-order valence-corrected chi connectivity index (χ2v) is 7.22. The van der Waals surface area contributed by atoms with Gasteiger partial charge in [0.15, 0.2) is 0 Å². The van der Waals surface area contributed by atoms with Gasteiger partial charge in [-0.1, -0.05) is 70.6 Å². The lowest BCUT2D eigenvalue weighted by atomic mass is 9.78. The van der Waals surface area contributed by atoms with Gasteiger partial charge in [-0.2, -0.15) is 0 Å². The Morgan fingerprint density at radius 1 is 0.870 bits per heavy atom. The second kappa shape index (κ2) is 11.6. The zero-order chi connectivity index (χ0) is 17.0. The van der Waals surface area contributed by atoms with Crippen molar-refractivity contribution in [3.05, 3.63) is 0 Å². The largest absolute Gasteiger partial charge is 0.465 e. The summed E-state index contributed by atoms with van der Waals surface area (Å²) in [6, 6.07) is 0. The Labute approximate surface area is 142 Å². The number of carbonyl (C=O) groups excluding carboxylic acids is 2. The van der Waals surface area contributed by atoms with Gasteiger partial charge in [-0.25, -0.2) is 0 Å². The Balaban J connectivity index is 2.61. The Hall–Kier alpha value is -0.860. The fourth-order valence-corrected chi connectivity index (χ4v) is 3.45. The summed E-state index contributed by atoms with van der Waals surface area (Å²) in [6.45, 7) is 3.96. The van der Waals surface area contributed by atoms with Crippen LogP contribution in [0.3, 0.4) is 0 Å². The Bertz CT molecular complexity index is 351. The highest BCUT2D eigenvalue weighted by atomic mass is 16.5. The van der Waals surface area contributed by atoms with Crippen LogP contribution in [-0.4, -0.2) is 18.4 Å². The van der Waals surface area contributed by atoms with Crippen molar-refractivity contribution >= 4 is 11.8 Å². The minimum atomic E-state index is -0.924. The van der Waals surface area contributed by atoms with Crippen molar-refractivity contribution in [3.8, 4) is 0 Å². The first-order valence-electron chi connectivity index (χ1n) is 9.82. The molecule has 0 aromatic rings. The predicted octanol–water partition coefficient (Wildman–Crippen LogP) is 5.60. The molecule has 0 aliphatic heterocycles. The molecule has 1 unspecified atom stereocenters. The van der Waals surface area contributed by atoms with Crippen molar-refractivity contribution in [2.45, 2.75) is 104 Å². The minimum absolute atomic E-state index is 0.0862. The van der Waals surface area contributed by atoms with E-state index >= 15 is 0 Å². The number of hydrogen-bond donors (Lipinski definition) is 0. The maximum Gasteiger partial charge on any atom is 0.319 e. The molecule has 3 heteroatoms. The highest BCUT2D eigenvalue weighted by Gasteiger charge is 2.40. The van der Waals surface area contributed by atoms with Crippen LogP contribution in [0, 0.1) is 5.41 Å². The van der Waals surface area contributed by atoms with Crippen LogP contribution in [0.2, 0.25) is 0 Å². The van der Waals surface area contributed by atoms with Crippen LogP contribution >= 0.6 is 0 Å². The summed E-state index contributed by atoms with van der Waals surface area (Å²) in [5.41, 5.74) is -0.924. The second-order valence-electron chi connectivity index (χ2n) is 7.22. The van der Waals surface area contributed by atoms with E-state index < -0.39 is 5.41 Å². The first-order valence-corrected chi connectivity index (χ1v) is 9.82. The lowest BCUT2D eigenvalue weighted by Crippen LogP contribution is -2.38. The van der Waals surface area contributed by atoms with Gasteiger partial charge in [0.2, 0.25) is 0 Å². The number of carbonyl (C=O) groups is 2. The molecule has 0 spiro atoms. The summed E-state index contributed by atoms with van der Waals surface area (Å²) in [5.74, 6) is -0.228. The number of ketones is 1. The third-order valence-corrected chi connectivity index (χ3v) is 5.17. The standard InChI is InChI=1S/C20H36O3/c1-3-23-19(22)20(2)17-15-13-11-9-7-5-4-6-8-10-12-14-16-18(20)21/h3-17H2,1-2H3. The number of hydrogen-bond acceptors (Lipinski definition) is 3. The third kappa shape index (κ3) is 7.50. The van der Waals surface area contributed by atoms with E-state index in [1.807, 2.05) is 0 Å². The van der Waals surface area contributed by atoms with Gasteiger partial charge in [0, 0.05) is 6.42 Å². The molecule has 1 aliphatic rings. The molecule has 0 aromatic carbocycles. The van der Waals surface area contributed by atoms with E-state index in [0.717, 1.165) is 25.7 Å². The van der Waals surface area contributed by atoms with Crippen LogP contribution in [-0.2, 0) is 14.3 Å². The lowest BCUT2D eigenvalue weighted by molar-refractivity contribution is -0.159. The van der Waals surface area contributed by atoms with Crippen molar-refractivity contribution in [1.29, 1.82) is 0 Å². The molecular formula is C20H36O3. The normalized spacial score (nSPS) is 26.6. The summed E-state index contributed by atoms with van der Waals surface area (Å²) in [4.78, 5) is 25.0. The van der Waals surface area contributed by atoms with Crippen molar-refractivity contribution in [3.63, 3.8) is 0 Å². The molecule has 1 saturated carbocycles. The van der Waals surface area contributed by atoms with Crippen LogP contribution in [0.4, 0.5) is 0 Å². The summed E-state index contributed by atoms with van der Waals surface area (Å²) in [6.07, 6.45) is 15.6. The number of Topliss-reactive ketones (excluding diaryl/α,β-unsaturated/α-hetero) is 1. The van der Waals surface area contributed by atoms with Crippen LogP contribution in [0.25, 0.3) is 0 Å². The summed E-state index contributed by atoms with van der Waals surface area (Å²) >= 11 is 0. The minimum Gasteiger partial charge on any atom is -0.465 e. The quantitative estimate of drug-likeness (QED) is 0.490. The molecular weight excluding hydrogens is 288 g/mol. The summed E-state index contributed by atoms with van der Waals surface area (Å²) < 4.78 is 5.20. The van der Waals surface area contributed by atoms with Gasteiger partial charge in [-0.05, 0) is 26.7 Å². The van der Waals surface area contributed by atoms with Crippen molar-refractivity contribution in [2.24, 2.45) is 5.41 Å². The van der Waals surface area contributed by atoms with E-state index in [1.165, 1.54) is 51.4 Å². The molecule has 0 aromatic heterocycles. The van der Waals surface area contributed by atoms with Gasteiger partial charge in [0.25, 0.3) is 0 Å². The monoisotopic (exact) mass is 324 g/mol. The van der Waals surface area contributed by atoms with E-state index in [2.05, 4.69) is 0 Å². The van der Waals surface area contributed by atoms with Gasteiger partial charge in [0.05, 0.1) is 6.61 Å². The number of esters is 1. The summed E-state index contributed by atoms with van der Waals surface area (Å²) in [5, 5.41) is 0. The highest BCUT2D eigenvalue weighted by molar-refractivity contribution is 6.03. The molecule has 1 aliphatic carbocycles. The van der Waals surface area contributed by atoms with Crippen LogP contribution in [0.1, 0.15) is 104 Å². The van der Waals surface area contributed by atoms with Gasteiger partial charge >= 0.3 is 5.97 Å². The lowest BCUT2D eigenvalue weighted by Gasteiger charge is -2.26. The van der Waals surface area contributed by atoms with Gasteiger partial charge in [0.1, 0.15) is 11.2 Å². The molecule has 134 valence electrons. The molecule has 1 rings (SSSR count). The predicted molar refractivity (Wildman–Crippen MR) is 94.4 cm³/mol. The molecule has 3 nitrogen and oxygen atoms in total. The van der Waals surface area contributed by atoms with E-state index in [-0.39, 0.29) is 11.8 Å². The van der Waals surface area contributed by atoms with Gasteiger partial charge in [-0.3, -0.25) is 9.59 Å². The fourth-order valence-electron chi connectivity index (χ4n) is 3.45. The highest BCUT2D eigenvalue weighted by Crippen LogP contribution is 2.30. The zero-order valence-electron chi connectivity index (χ0n) is 15.3. The number of ether oxygens (including phenoxy) is 1. The van der Waals surface area contributed by atoms with E-state index in [0.29, 0.717) is 19.4 Å². The average molecular weight is 325 g/mol. The molecule has 0 saturated heterocycles. The topological polar surface area (TPSA) is 43.4 Å². The molecule has 1 fully saturated rings. The van der Waals surface area contributed by atoms with Gasteiger partial charge in [-0.15, -0.1) is 0 Å². The zero-order valence-corrected chi connectivity index (χ0v) is 15.3. The first kappa shape index (κ1) is 20.2. The Morgan fingerprint density at radius 3 is 1.78 bits per heavy atom. The van der Waals surface area contributed by atoms with E-state index in [1.54, 1.807) is 13.8 Å². The SMILES string of the molecule is CCOC(=O)C1(C)CCCCCCCCCCCCCCC1=O. The molecule has 1 atom stereocenters. The molecule has 0 amide bonds. The van der Waals surface area contributed by atoms with Crippen LogP contribution < -0.4 is 0 Å². The maximum atomic E-state index is 12.6. The third-order valence-electron chi connectivity index (χ3n) is 5.17. The Morgan fingerprint density at radius 2 is 1.30 bits per heavy atom. The van der Waals surface area contributed by atoms with Crippen LogP contribution in [0.5, 0.6) is 0 Å². The molecule has 0 radical (unpaired) electrons. The molecule has 23 heavy (non-hydrogen) atoms. The van der Waals surface area contributed by atoms with E-state index in [9.17, 15) is 9.59 Å². The van der Waals surface area contributed by atoms with Crippen molar-refractivity contribution in [1.82, 2.24) is 0 Å². The van der Waals surface area contributed by atoms with E-state index in [4.69, 9.17) is 4.74 Å².